The molecular formula is C43H78N6O2. The maximum Gasteiger partial charge on any atom is 0.227 e. The van der Waals surface area contributed by atoms with Gasteiger partial charge in [0.05, 0.1) is 0 Å². The van der Waals surface area contributed by atoms with Crippen LogP contribution in [0.4, 0.5) is 5.69 Å². The molecule has 51 heavy (non-hydrogen) atoms. The number of allylic oxidation sites excluding steroid dienone is 1. The van der Waals surface area contributed by atoms with Crippen molar-refractivity contribution in [2.24, 2.45) is 21.7 Å². The minimum atomic E-state index is -0.306. The van der Waals surface area contributed by atoms with Gasteiger partial charge in [-0.1, -0.05) is 111 Å². The molecule has 4 rings (SSSR count). The molecule has 0 spiro atoms. The van der Waals surface area contributed by atoms with Gasteiger partial charge in [0, 0.05) is 86.8 Å². The summed E-state index contributed by atoms with van der Waals surface area (Å²) in [6, 6.07) is 11.6. The highest BCUT2D eigenvalue weighted by Crippen LogP contribution is 2.23. The highest BCUT2D eigenvalue weighted by Gasteiger charge is 2.28. The molecule has 8 nitrogen and oxygen atoms in total. The monoisotopic (exact) mass is 711 g/mol. The first-order valence-electron chi connectivity index (χ1n) is 17.3. The van der Waals surface area contributed by atoms with Crippen molar-refractivity contribution < 1.29 is 9.59 Å². The molecule has 0 aliphatic carbocycles. The predicted molar refractivity (Wildman–Crippen MR) is 223 cm³/mol. The molecule has 1 fully saturated rings. The summed E-state index contributed by atoms with van der Waals surface area (Å²) in [6.07, 6.45) is 15.2. The predicted octanol–water partition coefficient (Wildman–Crippen LogP) is 11.3. The number of nitrogens with zero attached hydrogens (tertiary/aromatic N) is 6. The number of aromatic nitrogens is 4. The normalized spacial score (nSPS) is 12.7. The van der Waals surface area contributed by atoms with Crippen molar-refractivity contribution in [2.45, 2.75) is 131 Å². The Labute approximate surface area is 314 Å². The summed E-state index contributed by atoms with van der Waals surface area (Å²) in [5.74, 6) is 0.489. The molecule has 0 unspecified atom stereocenters. The number of carbonyl (C=O) groups excluding carboxylic acids is 2. The maximum atomic E-state index is 11.9. The van der Waals surface area contributed by atoms with Crippen LogP contribution in [-0.4, -0.2) is 63.3 Å². The summed E-state index contributed by atoms with van der Waals surface area (Å²) < 4.78 is 3.77. The Hall–Kier alpha value is -3.68. The second kappa shape index (κ2) is 23.0. The van der Waals surface area contributed by atoms with E-state index in [4.69, 9.17) is 0 Å². The van der Waals surface area contributed by atoms with E-state index in [0.717, 1.165) is 30.9 Å². The Morgan fingerprint density at radius 2 is 1.25 bits per heavy atom. The van der Waals surface area contributed by atoms with Gasteiger partial charge in [0.1, 0.15) is 0 Å². The molecule has 8 heteroatoms. The molecular weight excluding hydrogens is 633 g/mol. The second-order valence-corrected chi connectivity index (χ2v) is 17.0. The van der Waals surface area contributed by atoms with Crippen molar-refractivity contribution in [1.29, 1.82) is 0 Å². The summed E-state index contributed by atoms with van der Waals surface area (Å²) in [6.45, 7) is 27.9. The number of likely N-dealkylation sites (tertiary alicyclic amines) is 1. The molecule has 0 N–H and O–H groups in total. The number of amides is 1. The van der Waals surface area contributed by atoms with E-state index < -0.39 is 0 Å². The van der Waals surface area contributed by atoms with E-state index >= 15 is 0 Å². The summed E-state index contributed by atoms with van der Waals surface area (Å²) in [7, 11) is 3.97. The molecule has 1 aliphatic heterocycles. The Bertz CT molecular complexity index is 1340. The summed E-state index contributed by atoms with van der Waals surface area (Å²) in [5, 5.41) is 8.19. The molecule has 0 bridgehead atoms. The van der Waals surface area contributed by atoms with E-state index in [-0.39, 0.29) is 44.3 Å². The van der Waals surface area contributed by atoms with Crippen LogP contribution in [0.15, 0.2) is 67.3 Å². The number of ketones is 1. The topological polar surface area (TPSA) is 76.3 Å². The van der Waals surface area contributed by atoms with Gasteiger partial charge >= 0.3 is 0 Å². The number of hydrogen-bond acceptors (Lipinski definition) is 5. The highest BCUT2D eigenvalue weighted by molar-refractivity contribution is 6.00. The molecule has 1 aromatic carbocycles. The Morgan fingerprint density at radius 3 is 1.63 bits per heavy atom. The third-order valence-corrected chi connectivity index (χ3v) is 7.26. The van der Waals surface area contributed by atoms with Crippen molar-refractivity contribution in [1.82, 2.24) is 24.5 Å². The lowest BCUT2D eigenvalue weighted by Crippen LogP contribution is -2.37. The van der Waals surface area contributed by atoms with E-state index in [1.54, 1.807) is 10.9 Å². The fourth-order valence-electron chi connectivity index (χ4n) is 4.29. The minimum absolute atomic E-state index is 0. The van der Waals surface area contributed by atoms with Gasteiger partial charge in [-0.05, 0) is 66.5 Å². The highest BCUT2D eigenvalue weighted by atomic mass is 16.2. The summed E-state index contributed by atoms with van der Waals surface area (Å²) >= 11 is 0. The van der Waals surface area contributed by atoms with Crippen LogP contribution in [0.1, 0.15) is 135 Å². The van der Waals surface area contributed by atoms with Crippen LogP contribution in [-0.2, 0) is 11.3 Å². The lowest BCUT2D eigenvalue weighted by molar-refractivity contribution is -0.138. The number of aryl methyl sites for hydroxylation is 1. The summed E-state index contributed by atoms with van der Waals surface area (Å²) in [5.41, 5.74) is 2.04. The average molecular weight is 711 g/mol. The maximum absolute atomic E-state index is 11.9. The largest absolute Gasteiger partial charge is 0.378 e. The van der Waals surface area contributed by atoms with Gasteiger partial charge in [-0.15, -0.1) is 0 Å². The van der Waals surface area contributed by atoms with Crippen molar-refractivity contribution in [3.05, 3.63) is 72.8 Å². The SMILES string of the molecule is C.C.C.CC(C)(C)/C=C/n1cccn1.CC(C)(C)C(=O)N1CCCC1.CC(C)(C)CCn1cccn1.CN(C)c1ccc(C(=O)C(C)(C)C)cc1. The number of anilines is 1. The van der Waals surface area contributed by atoms with E-state index in [2.05, 4.69) is 57.8 Å². The smallest absolute Gasteiger partial charge is 0.227 e. The van der Waals surface area contributed by atoms with Crippen LogP contribution < -0.4 is 4.90 Å². The van der Waals surface area contributed by atoms with E-state index in [1.165, 1.54) is 19.3 Å². The third-order valence-electron chi connectivity index (χ3n) is 7.26. The van der Waals surface area contributed by atoms with Crippen LogP contribution in [0.3, 0.4) is 0 Å². The number of hydrogen-bond donors (Lipinski definition) is 0. The van der Waals surface area contributed by atoms with Gasteiger partial charge in [0.25, 0.3) is 0 Å². The third kappa shape index (κ3) is 22.7. The molecule has 2 aromatic heterocycles. The Balaban J connectivity index is -0.000000596. The molecule has 0 atom stereocenters. The first-order valence-corrected chi connectivity index (χ1v) is 17.3. The molecule has 1 aliphatic rings. The van der Waals surface area contributed by atoms with Crippen molar-refractivity contribution >= 4 is 23.6 Å². The van der Waals surface area contributed by atoms with Crippen LogP contribution in [0.25, 0.3) is 6.20 Å². The van der Waals surface area contributed by atoms with Gasteiger partial charge in [-0.25, -0.2) is 4.68 Å². The molecule has 0 saturated carbocycles. The van der Waals surface area contributed by atoms with E-state index in [9.17, 15) is 9.59 Å². The van der Waals surface area contributed by atoms with Crippen LogP contribution >= 0.6 is 0 Å². The zero-order chi connectivity index (χ0) is 36.8. The molecule has 0 radical (unpaired) electrons. The quantitative estimate of drug-likeness (QED) is 0.246. The van der Waals surface area contributed by atoms with Crippen LogP contribution in [0, 0.1) is 21.7 Å². The van der Waals surface area contributed by atoms with E-state index in [1.807, 2.05) is 131 Å². The zero-order valence-corrected chi connectivity index (χ0v) is 32.7. The molecule has 1 saturated heterocycles. The zero-order valence-electron chi connectivity index (χ0n) is 32.7. The van der Waals surface area contributed by atoms with Gasteiger partial charge in [-0.3, -0.25) is 14.3 Å². The van der Waals surface area contributed by atoms with Crippen molar-refractivity contribution in [3.8, 4) is 0 Å². The lowest BCUT2D eigenvalue weighted by Gasteiger charge is -2.25. The van der Waals surface area contributed by atoms with Gasteiger partial charge in [-0.2, -0.15) is 10.2 Å². The molecule has 3 heterocycles. The fraction of sp³-hybridized carbons (Fsp3) is 0.628. The van der Waals surface area contributed by atoms with Gasteiger partial charge < -0.3 is 9.80 Å². The average Bonchev–Trinajstić information content (AvgIpc) is 3.78. The lowest BCUT2D eigenvalue weighted by atomic mass is 9.86. The van der Waals surface area contributed by atoms with Crippen molar-refractivity contribution in [3.63, 3.8) is 0 Å². The number of Topliss-reactive ketones (excluding diaryl/α,β-unsaturated/α-hetero) is 1. The molecule has 292 valence electrons. The fourth-order valence-corrected chi connectivity index (χ4v) is 4.29. The standard InChI is InChI=1S/C13H19NO.C9H16N2.C9H14N2.C9H17NO.3CH4/c1-13(2,3)12(15)10-6-8-11(9-7-10)14(4)5;2*1-9(2,3)5-8-11-7-4-6-10-11;1-9(2,3)8(11)10-6-4-5-7-10;;;/h6-9H,1-5H3;4,6-7H,5,8H2,1-3H3;4-8H,1-3H3;4-7H2,1-3H3;3*1H4/b;;8-5+;;;;. The first-order chi connectivity index (χ1) is 22.0. The summed E-state index contributed by atoms with van der Waals surface area (Å²) in [4.78, 5) is 27.5. The minimum Gasteiger partial charge on any atom is -0.378 e. The number of carbonyl (C=O) groups is 2. The van der Waals surface area contributed by atoms with Gasteiger partial charge in [0.2, 0.25) is 5.91 Å². The number of rotatable bonds is 5. The van der Waals surface area contributed by atoms with Gasteiger partial charge in [0.15, 0.2) is 5.78 Å². The molecule has 1 amide bonds. The Morgan fingerprint density at radius 1 is 0.745 bits per heavy atom. The molecule has 3 aromatic rings. The van der Waals surface area contributed by atoms with E-state index in [0.29, 0.717) is 11.3 Å². The Kier molecular flexibility index (Phi) is 23.3. The van der Waals surface area contributed by atoms with Crippen molar-refractivity contribution in [2.75, 3.05) is 32.1 Å². The second-order valence-electron chi connectivity index (χ2n) is 17.0. The van der Waals surface area contributed by atoms with Crippen LogP contribution in [0.2, 0.25) is 0 Å². The van der Waals surface area contributed by atoms with Crippen LogP contribution in [0.5, 0.6) is 0 Å². The first kappa shape index (κ1) is 51.7. The number of benzene rings is 1.